The summed E-state index contributed by atoms with van der Waals surface area (Å²) in [5, 5.41) is 0. The second kappa shape index (κ2) is 9.35. The Morgan fingerprint density at radius 2 is 0.875 bits per heavy atom. The summed E-state index contributed by atoms with van der Waals surface area (Å²) in [4.78, 5) is 35.7. The van der Waals surface area contributed by atoms with Crippen molar-refractivity contribution in [3.63, 3.8) is 0 Å². The van der Waals surface area contributed by atoms with E-state index in [-0.39, 0.29) is 16.7 Å². The van der Waals surface area contributed by atoms with Crippen LogP contribution in [0.3, 0.4) is 0 Å². The minimum absolute atomic E-state index is 0.0759. The predicted molar refractivity (Wildman–Crippen MR) is 83.0 cm³/mol. The van der Waals surface area contributed by atoms with Gasteiger partial charge in [-0.3, -0.25) is 0 Å². The second-order valence-corrected chi connectivity index (χ2v) is 4.02. The fraction of sp³-hybridized carbons (Fsp3) is 0.167. The van der Waals surface area contributed by atoms with Gasteiger partial charge in [-0.05, 0) is 18.2 Å². The monoisotopic (exact) mass is 324 g/mol. The van der Waals surface area contributed by atoms with Gasteiger partial charge in [-0.2, -0.15) is 0 Å². The molecular formula is C18H12O6. The SMILES string of the molecule is CC#COC(=O)c1cc(C(=O)OC#CC)cc(C(=O)OC#CC)c1. The minimum atomic E-state index is -0.837. The van der Waals surface area contributed by atoms with E-state index in [4.69, 9.17) is 0 Å². The van der Waals surface area contributed by atoms with Crippen LogP contribution in [0.2, 0.25) is 0 Å². The van der Waals surface area contributed by atoms with Crippen LogP contribution in [0.15, 0.2) is 18.2 Å². The van der Waals surface area contributed by atoms with Crippen LogP contribution < -0.4 is 0 Å². The molecule has 0 fully saturated rings. The van der Waals surface area contributed by atoms with Crippen LogP contribution >= 0.6 is 0 Å². The molecule has 0 unspecified atom stereocenters. The van der Waals surface area contributed by atoms with Crippen molar-refractivity contribution < 1.29 is 28.6 Å². The maximum atomic E-state index is 11.9. The zero-order chi connectivity index (χ0) is 17.9. The molecular weight excluding hydrogens is 312 g/mol. The summed E-state index contributed by atoms with van der Waals surface area (Å²) < 4.78 is 13.9. The summed E-state index contributed by atoms with van der Waals surface area (Å²) in [6, 6.07) is 3.59. The van der Waals surface area contributed by atoms with Gasteiger partial charge in [0.05, 0.1) is 16.7 Å². The molecule has 1 aromatic carbocycles. The van der Waals surface area contributed by atoms with Crippen molar-refractivity contribution in [2.24, 2.45) is 0 Å². The average Bonchev–Trinajstić information content (AvgIpc) is 2.61. The Morgan fingerprint density at radius 1 is 0.625 bits per heavy atom. The number of rotatable bonds is 3. The Morgan fingerprint density at radius 3 is 1.08 bits per heavy atom. The first kappa shape index (κ1) is 18.4. The van der Waals surface area contributed by atoms with E-state index < -0.39 is 17.9 Å². The quantitative estimate of drug-likeness (QED) is 0.481. The molecule has 24 heavy (non-hydrogen) atoms. The third kappa shape index (κ3) is 5.26. The summed E-state index contributed by atoms with van der Waals surface area (Å²) in [5.74, 6) is 4.65. The number of esters is 3. The molecule has 0 aliphatic carbocycles. The van der Waals surface area contributed by atoms with Gasteiger partial charge in [0.15, 0.2) is 0 Å². The highest BCUT2D eigenvalue weighted by molar-refractivity contribution is 6.01. The van der Waals surface area contributed by atoms with Crippen molar-refractivity contribution in [1.82, 2.24) is 0 Å². The van der Waals surface area contributed by atoms with Gasteiger partial charge in [-0.25, -0.2) is 14.4 Å². The highest BCUT2D eigenvalue weighted by Gasteiger charge is 2.18. The van der Waals surface area contributed by atoms with E-state index in [9.17, 15) is 14.4 Å². The maximum absolute atomic E-state index is 11.9. The molecule has 0 spiro atoms. The largest absolute Gasteiger partial charge is 0.369 e. The smallest absolute Gasteiger partial charge is 0.352 e. The summed E-state index contributed by atoms with van der Waals surface area (Å²) in [5.41, 5.74) is -0.228. The normalized spacial score (nSPS) is 8.12. The van der Waals surface area contributed by atoms with Crippen LogP contribution in [0.5, 0.6) is 0 Å². The van der Waals surface area contributed by atoms with Gasteiger partial charge in [-0.1, -0.05) is 17.8 Å². The molecule has 0 heterocycles. The number of hydrogen-bond donors (Lipinski definition) is 0. The molecule has 0 N–H and O–H groups in total. The van der Waals surface area contributed by atoms with Crippen LogP contribution in [0.4, 0.5) is 0 Å². The lowest BCUT2D eigenvalue weighted by atomic mass is 10.1. The van der Waals surface area contributed by atoms with Gasteiger partial charge < -0.3 is 14.2 Å². The molecule has 0 saturated heterocycles. The van der Waals surface area contributed by atoms with Gasteiger partial charge in [-0.15, -0.1) is 0 Å². The van der Waals surface area contributed by atoms with Crippen LogP contribution in [-0.4, -0.2) is 17.9 Å². The van der Waals surface area contributed by atoms with Crippen molar-refractivity contribution >= 4 is 17.9 Å². The van der Waals surface area contributed by atoms with Gasteiger partial charge in [0.25, 0.3) is 0 Å². The van der Waals surface area contributed by atoms with Gasteiger partial charge in [0, 0.05) is 20.8 Å². The van der Waals surface area contributed by atoms with E-state index in [0.717, 1.165) is 0 Å². The fourth-order valence-electron chi connectivity index (χ4n) is 1.45. The zero-order valence-electron chi connectivity index (χ0n) is 13.2. The minimum Gasteiger partial charge on any atom is -0.369 e. The van der Waals surface area contributed by atoms with E-state index in [1.165, 1.54) is 39.0 Å². The first-order valence-electron chi connectivity index (χ1n) is 6.57. The number of carbonyl (C=O) groups excluding carboxylic acids is 3. The Balaban J connectivity index is 3.29. The maximum Gasteiger partial charge on any atom is 0.352 e. The van der Waals surface area contributed by atoms with Crippen molar-refractivity contribution in [3.8, 4) is 36.1 Å². The second-order valence-electron chi connectivity index (χ2n) is 4.02. The Kier molecular flexibility index (Phi) is 7.15. The van der Waals surface area contributed by atoms with Gasteiger partial charge in [0.2, 0.25) is 0 Å². The van der Waals surface area contributed by atoms with Crippen molar-refractivity contribution in [2.75, 3.05) is 0 Å². The molecule has 1 rings (SSSR count). The molecule has 6 nitrogen and oxygen atoms in total. The Labute approximate surface area is 139 Å². The van der Waals surface area contributed by atoms with Crippen molar-refractivity contribution in [3.05, 3.63) is 34.9 Å². The summed E-state index contributed by atoms with van der Waals surface area (Å²) >= 11 is 0. The predicted octanol–water partition coefficient (Wildman–Crippen LogP) is 2.10. The molecule has 0 saturated carbocycles. The highest BCUT2D eigenvalue weighted by atomic mass is 16.5. The third-order valence-electron chi connectivity index (χ3n) is 2.38. The van der Waals surface area contributed by atoms with Gasteiger partial charge >= 0.3 is 17.9 Å². The van der Waals surface area contributed by atoms with Gasteiger partial charge in [0.1, 0.15) is 18.3 Å². The standard InChI is InChI=1S/C18H12O6/c1-4-7-22-16(19)13-10-14(17(20)23-8-5-2)12-15(11-13)18(21)24-9-6-3/h10-12H,1-3H3. The molecule has 120 valence electrons. The van der Waals surface area contributed by atoms with Crippen molar-refractivity contribution in [1.29, 1.82) is 0 Å². The molecule has 0 aromatic heterocycles. The first-order valence-corrected chi connectivity index (χ1v) is 6.57. The van der Waals surface area contributed by atoms with E-state index in [1.807, 2.05) is 0 Å². The molecule has 1 aromatic rings. The van der Waals surface area contributed by atoms with Crippen LogP contribution in [-0.2, 0) is 14.2 Å². The van der Waals surface area contributed by atoms with Crippen LogP contribution in [0.1, 0.15) is 51.8 Å². The Bertz CT molecular complexity index is 720. The fourth-order valence-corrected chi connectivity index (χ4v) is 1.45. The number of hydrogen-bond acceptors (Lipinski definition) is 6. The van der Waals surface area contributed by atoms with E-state index >= 15 is 0 Å². The summed E-state index contributed by atoms with van der Waals surface area (Å²) in [6.07, 6.45) is 6.41. The topological polar surface area (TPSA) is 78.9 Å². The van der Waals surface area contributed by atoms with E-state index in [1.54, 1.807) is 0 Å². The lowest BCUT2D eigenvalue weighted by Crippen LogP contribution is -2.10. The molecule has 0 bridgehead atoms. The molecule has 0 radical (unpaired) electrons. The first-order chi connectivity index (χ1) is 11.5. The summed E-state index contributed by atoms with van der Waals surface area (Å²) in [7, 11) is 0. The lowest BCUT2D eigenvalue weighted by molar-refractivity contribution is 0.0690. The molecule has 0 atom stereocenters. The molecule has 0 amide bonds. The van der Waals surface area contributed by atoms with Crippen molar-refractivity contribution in [2.45, 2.75) is 20.8 Å². The third-order valence-corrected chi connectivity index (χ3v) is 2.38. The van der Waals surface area contributed by atoms with Crippen LogP contribution in [0.25, 0.3) is 0 Å². The zero-order valence-corrected chi connectivity index (χ0v) is 13.2. The van der Waals surface area contributed by atoms with E-state index in [0.29, 0.717) is 0 Å². The lowest BCUT2D eigenvalue weighted by Gasteiger charge is -2.05. The summed E-state index contributed by atoms with van der Waals surface area (Å²) in [6.45, 7) is 4.45. The van der Waals surface area contributed by atoms with Crippen LogP contribution in [0, 0.1) is 36.1 Å². The molecule has 6 heteroatoms. The molecule has 0 aliphatic heterocycles. The highest BCUT2D eigenvalue weighted by Crippen LogP contribution is 2.14. The average molecular weight is 324 g/mol. The number of carbonyl (C=O) groups is 3. The molecule has 0 aliphatic rings. The Hall–Kier alpha value is -3.69. The van der Waals surface area contributed by atoms with E-state index in [2.05, 4.69) is 50.3 Å². The number of benzene rings is 1. The number of ether oxygens (including phenoxy) is 3.